The molecule has 0 atom stereocenters. The van der Waals surface area contributed by atoms with Gasteiger partial charge in [-0.2, -0.15) is 0 Å². The molecule has 0 aliphatic heterocycles. The Morgan fingerprint density at radius 3 is 2.57 bits per heavy atom. The van der Waals surface area contributed by atoms with E-state index in [2.05, 4.69) is 13.8 Å². The van der Waals surface area contributed by atoms with Crippen molar-refractivity contribution < 1.29 is 0 Å². The van der Waals surface area contributed by atoms with Crippen molar-refractivity contribution in [3.05, 3.63) is 13.3 Å². The fourth-order valence-electron chi connectivity index (χ4n) is 0.330. The van der Waals surface area contributed by atoms with E-state index in [4.69, 9.17) is 12.2 Å². The summed E-state index contributed by atoms with van der Waals surface area (Å²) < 4.78 is 0. The minimum Gasteiger partial charge on any atom is -0.0894 e. The first-order valence-corrected chi connectivity index (χ1v) is 2.87. The van der Waals surface area contributed by atoms with Crippen LogP contribution < -0.4 is 0 Å². The number of hydrogen-bond acceptors (Lipinski definition) is 1. The first-order chi connectivity index (χ1) is 3.31. The van der Waals surface area contributed by atoms with Crippen molar-refractivity contribution in [2.75, 3.05) is 0 Å². The van der Waals surface area contributed by atoms with E-state index in [1.165, 1.54) is 0 Å². The average Bonchev–Trinajstić information content (AvgIpc) is 1.68. The molecule has 0 aromatic heterocycles. The van der Waals surface area contributed by atoms with Crippen LogP contribution in [0.4, 0.5) is 0 Å². The van der Waals surface area contributed by atoms with Crippen molar-refractivity contribution in [2.24, 2.45) is 0 Å². The molecule has 0 unspecified atom stereocenters. The van der Waals surface area contributed by atoms with Crippen molar-refractivity contribution >= 4 is 17.1 Å². The van der Waals surface area contributed by atoms with E-state index < -0.39 is 0 Å². The Balaban J connectivity index is 3.00. The lowest BCUT2D eigenvalue weighted by Gasteiger charge is -1.90. The predicted molar refractivity (Wildman–Crippen MR) is 37.2 cm³/mol. The van der Waals surface area contributed by atoms with Gasteiger partial charge in [0.25, 0.3) is 0 Å². The van der Waals surface area contributed by atoms with Gasteiger partial charge in [-0.25, -0.2) is 0 Å². The minimum atomic E-state index is 0.767. The normalized spacial score (nSPS) is 8.86. The topological polar surface area (TPSA) is 0 Å². The molecule has 0 aromatic carbocycles. The summed E-state index contributed by atoms with van der Waals surface area (Å²) in [7, 11) is 0. The first-order valence-electron chi connectivity index (χ1n) is 2.46. The van der Waals surface area contributed by atoms with Gasteiger partial charge in [0.15, 0.2) is 0 Å². The van der Waals surface area contributed by atoms with Crippen molar-refractivity contribution in [1.82, 2.24) is 0 Å². The molecule has 0 amide bonds. The summed E-state index contributed by atoms with van der Waals surface area (Å²) >= 11 is 4.84. The highest BCUT2D eigenvalue weighted by atomic mass is 32.1. The molecule has 0 fully saturated rings. The van der Waals surface area contributed by atoms with E-state index in [-0.39, 0.29) is 0 Å². The van der Waals surface area contributed by atoms with Crippen molar-refractivity contribution in [2.45, 2.75) is 19.8 Å². The fourth-order valence-corrected chi connectivity index (χ4v) is 0.496. The molecule has 2 radical (unpaired) electrons. The first kappa shape index (κ1) is 7.09. The molecule has 40 valence electrons. The average molecular weight is 114 g/mol. The summed E-state index contributed by atoms with van der Waals surface area (Å²) in [4.78, 5) is 0.975. The van der Waals surface area contributed by atoms with Gasteiger partial charge < -0.3 is 0 Å². The second kappa shape index (κ2) is 4.25. The maximum absolute atomic E-state index is 4.84. The third-order valence-electron chi connectivity index (χ3n) is 0.678. The molecule has 0 saturated carbocycles. The maximum atomic E-state index is 4.84. The largest absolute Gasteiger partial charge is 0.0894 e. The van der Waals surface area contributed by atoms with Crippen LogP contribution in [0.25, 0.3) is 0 Å². The van der Waals surface area contributed by atoms with E-state index >= 15 is 0 Å². The van der Waals surface area contributed by atoms with E-state index in [9.17, 15) is 0 Å². The van der Waals surface area contributed by atoms with E-state index in [0.717, 1.165) is 17.7 Å². The summed E-state index contributed by atoms with van der Waals surface area (Å²) in [5.74, 6) is 0. The van der Waals surface area contributed by atoms with Crippen LogP contribution in [0.2, 0.25) is 0 Å². The summed E-state index contributed by atoms with van der Waals surface area (Å²) in [6.07, 6.45) is 3.82. The molecule has 0 spiro atoms. The molecule has 0 heterocycles. The second-order valence-corrected chi connectivity index (χ2v) is 1.85. The predicted octanol–water partition coefficient (Wildman–Crippen LogP) is 2.19. The Morgan fingerprint density at radius 1 is 1.86 bits per heavy atom. The SMILES string of the molecule is [CH2]CC(=S)[CH]CC. The Morgan fingerprint density at radius 2 is 2.43 bits per heavy atom. The highest BCUT2D eigenvalue weighted by Gasteiger charge is 1.86. The molecule has 0 aliphatic rings. The zero-order valence-corrected chi connectivity index (χ0v) is 5.42. The molecular formula is C6H10S. The van der Waals surface area contributed by atoms with Crippen LogP contribution in [0.15, 0.2) is 0 Å². The van der Waals surface area contributed by atoms with Gasteiger partial charge in [0.1, 0.15) is 0 Å². The highest BCUT2D eigenvalue weighted by Crippen LogP contribution is 1.92. The van der Waals surface area contributed by atoms with Gasteiger partial charge >= 0.3 is 0 Å². The Labute approximate surface area is 50.9 Å². The van der Waals surface area contributed by atoms with Crippen LogP contribution >= 0.6 is 12.2 Å². The molecule has 0 rings (SSSR count). The van der Waals surface area contributed by atoms with Gasteiger partial charge in [0.05, 0.1) is 0 Å². The van der Waals surface area contributed by atoms with Crippen molar-refractivity contribution in [3.63, 3.8) is 0 Å². The molecule has 1 heteroatoms. The van der Waals surface area contributed by atoms with Crippen LogP contribution in [-0.4, -0.2) is 4.86 Å². The zero-order chi connectivity index (χ0) is 5.70. The van der Waals surface area contributed by atoms with Crippen LogP contribution in [0.1, 0.15) is 19.8 Å². The number of rotatable bonds is 3. The van der Waals surface area contributed by atoms with Gasteiger partial charge in [-0.05, 0) is 31.1 Å². The van der Waals surface area contributed by atoms with E-state index in [1.54, 1.807) is 0 Å². The smallest absolute Gasteiger partial charge is 0.00270 e. The lowest BCUT2D eigenvalue weighted by molar-refractivity contribution is 1.17. The van der Waals surface area contributed by atoms with Gasteiger partial charge in [-0.1, -0.05) is 19.1 Å². The Kier molecular flexibility index (Phi) is 4.31. The summed E-state index contributed by atoms with van der Waals surface area (Å²) in [6.45, 7) is 5.70. The lowest BCUT2D eigenvalue weighted by Crippen LogP contribution is -1.89. The van der Waals surface area contributed by atoms with Crippen LogP contribution in [-0.2, 0) is 0 Å². The molecular weight excluding hydrogens is 104 g/mol. The number of hydrogen-bond donors (Lipinski definition) is 0. The third-order valence-corrected chi connectivity index (χ3v) is 1.05. The third kappa shape index (κ3) is 3.93. The van der Waals surface area contributed by atoms with E-state index in [1.807, 2.05) is 6.42 Å². The molecule has 0 saturated heterocycles. The van der Waals surface area contributed by atoms with Crippen molar-refractivity contribution in [3.8, 4) is 0 Å². The molecule has 0 nitrogen and oxygen atoms in total. The molecule has 0 N–H and O–H groups in total. The molecule has 0 aliphatic carbocycles. The van der Waals surface area contributed by atoms with E-state index in [0.29, 0.717) is 0 Å². The number of thiocarbonyl (C=S) groups is 1. The Bertz CT molecular complexity index is 57.2. The molecule has 0 bridgehead atoms. The van der Waals surface area contributed by atoms with Gasteiger partial charge in [0, 0.05) is 0 Å². The monoisotopic (exact) mass is 114 g/mol. The van der Waals surface area contributed by atoms with Gasteiger partial charge in [-0.15, -0.1) is 0 Å². The fraction of sp³-hybridized carbons (Fsp3) is 0.500. The second-order valence-electron chi connectivity index (χ2n) is 1.33. The summed E-state index contributed by atoms with van der Waals surface area (Å²) in [6, 6.07) is 0. The van der Waals surface area contributed by atoms with Crippen molar-refractivity contribution in [1.29, 1.82) is 0 Å². The minimum absolute atomic E-state index is 0.767. The molecule has 0 aromatic rings. The maximum Gasteiger partial charge on any atom is -0.00270 e. The Hall–Kier alpha value is 0.0900. The lowest BCUT2D eigenvalue weighted by atomic mass is 10.2. The summed E-state index contributed by atoms with van der Waals surface area (Å²) in [5, 5.41) is 0. The van der Waals surface area contributed by atoms with Gasteiger partial charge in [-0.3, -0.25) is 0 Å². The van der Waals surface area contributed by atoms with Crippen LogP contribution in [0, 0.1) is 13.3 Å². The quantitative estimate of drug-likeness (QED) is 0.507. The van der Waals surface area contributed by atoms with Gasteiger partial charge in [0.2, 0.25) is 0 Å². The van der Waals surface area contributed by atoms with Crippen LogP contribution in [0.5, 0.6) is 0 Å². The summed E-state index contributed by atoms with van der Waals surface area (Å²) in [5.41, 5.74) is 0. The molecule has 7 heavy (non-hydrogen) atoms. The zero-order valence-electron chi connectivity index (χ0n) is 4.61. The standard InChI is InChI=1S/C6H10S/c1-3-5-6(7)4-2/h5H,2-4H2,1H3. The highest BCUT2D eigenvalue weighted by molar-refractivity contribution is 7.80. The van der Waals surface area contributed by atoms with Crippen LogP contribution in [0.3, 0.4) is 0 Å².